The van der Waals surface area contributed by atoms with Gasteiger partial charge in [0, 0.05) is 0 Å². The van der Waals surface area contributed by atoms with Gasteiger partial charge in [-0.1, -0.05) is 5.16 Å². The van der Waals surface area contributed by atoms with Crippen molar-refractivity contribution in [2.24, 2.45) is 0 Å². The number of aromatic nitrogens is 4. The quantitative estimate of drug-likeness (QED) is 0.743. The van der Waals surface area contributed by atoms with E-state index in [9.17, 15) is 4.79 Å². The standard InChI is InChI=1S/C11H8N4O3/c16-11(17)7-1-2-9-8(3-7)12-5-15(9)4-10-13-6-18-14-10/h1-3,5-6H,4H2,(H,16,17). The van der Waals surface area contributed by atoms with E-state index in [-0.39, 0.29) is 5.56 Å². The lowest BCUT2D eigenvalue weighted by Crippen LogP contribution is -2.00. The molecule has 3 aromatic rings. The molecule has 2 heterocycles. The Morgan fingerprint density at radius 2 is 2.28 bits per heavy atom. The van der Waals surface area contributed by atoms with Gasteiger partial charge in [-0.15, -0.1) is 0 Å². The monoisotopic (exact) mass is 244 g/mol. The second-order valence-electron chi connectivity index (χ2n) is 3.73. The smallest absolute Gasteiger partial charge is 0.335 e. The molecule has 0 amide bonds. The van der Waals surface area contributed by atoms with Gasteiger partial charge in [0.15, 0.2) is 5.82 Å². The molecule has 0 aliphatic heterocycles. The van der Waals surface area contributed by atoms with E-state index in [0.717, 1.165) is 5.52 Å². The van der Waals surface area contributed by atoms with Crippen LogP contribution in [0.5, 0.6) is 0 Å². The van der Waals surface area contributed by atoms with Crippen LogP contribution in [0.3, 0.4) is 0 Å². The summed E-state index contributed by atoms with van der Waals surface area (Å²) in [5.74, 6) is -0.429. The Bertz CT molecular complexity index is 702. The fourth-order valence-electron chi connectivity index (χ4n) is 1.74. The molecule has 0 saturated heterocycles. The summed E-state index contributed by atoms with van der Waals surface area (Å²) in [5.41, 5.74) is 1.66. The van der Waals surface area contributed by atoms with Gasteiger partial charge in [0.25, 0.3) is 0 Å². The van der Waals surface area contributed by atoms with E-state index in [0.29, 0.717) is 17.9 Å². The summed E-state index contributed by atoms with van der Waals surface area (Å²) < 4.78 is 6.48. The predicted octanol–water partition coefficient (Wildman–Crippen LogP) is 1.17. The molecular formula is C11H8N4O3. The lowest BCUT2D eigenvalue weighted by atomic mass is 10.2. The summed E-state index contributed by atoms with van der Waals surface area (Å²) in [4.78, 5) is 18.9. The number of carboxylic acids is 1. The average Bonchev–Trinajstić information content (AvgIpc) is 2.99. The number of benzene rings is 1. The van der Waals surface area contributed by atoms with E-state index in [1.54, 1.807) is 18.5 Å². The summed E-state index contributed by atoms with van der Waals surface area (Å²) in [6.07, 6.45) is 2.88. The minimum Gasteiger partial charge on any atom is -0.478 e. The van der Waals surface area contributed by atoms with Crippen LogP contribution in [-0.4, -0.2) is 30.8 Å². The SMILES string of the molecule is O=C(O)c1ccc2c(c1)ncn2Cc1ncon1. The molecule has 18 heavy (non-hydrogen) atoms. The third-order valence-electron chi connectivity index (χ3n) is 2.59. The van der Waals surface area contributed by atoms with E-state index in [2.05, 4.69) is 19.6 Å². The number of imidazole rings is 1. The largest absolute Gasteiger partial charge is 0.478 e. The zero-order valence-corrected chi connectivity index (χ0v) is 9.15. The van der Waals surface area contributed by atoms with Crippen molar-refractivity contribution in [2.75, 3.05) is 0 Å². The van der Waals surface area contributed by atoms with E-state index in [1.807, 2.05) is 4.57 Å². The first kappa shape index (κ1) is 10.5. The van der Waals surface area contributed by atoms with Crippen LogP contribution in [0.1, 0.15) is 16.2 Å². The molecule has 0 aliphatic rings. The van der Waals surface area contributed by atoms with Crippen molar-refractivity contribution >= 4 is 17.0 Å². The highest BCUT2D eigenvalue weighted by atomic mass is 16.5. The second kappa shape index (κ2) is 3.95. The molecule has 7 nitrogen and oxygen atoms in total. The molecule has 7 heteroatoms. The number of carboxylic acid groups (broad SMARTS) is 1. The number of carbonyl (C=O) groups is 1. The first-order chi connectivity index (χ1) is 8.74. The topological polar surface area (TPSA) is 94.0 Å². The van der Waals surface area contributed by atoms with Crippen LogP contribution < -0.4 is 0 Å². The fourth-order valence-corrected chi connectivity index (χ4v) is 1.74. The van der Waals surface area contributed by atoms with Gasteiger partial charge in [0.2, 0.25) is 6.39 Å². The maximum absolute atomic E-state index is 10.8. The highest BCUT2D eigenvalue weighted by Crippen LogP contribution is 2.15. The Morgan fingerprint density at radius 3 is 3.00 bits per heavy atom. The van der Waals surface area contributed by atoms with Gasteiger partial charge in [0.05, 0.1) is 29.5 Å². The molecule has 0 aliphatic carbocycles. The van der Waals surface area contributed by atoms with Crippen molar-refractivity contribution in [1.82, 2.24) is 19.7 Å². The van der Waals surface area contributed by atoms with E-state index in [4.69, 9.17) is 5.11 Å². The fraction of sp³-hybridized carbons (Fsp3) is 0.0909. The highest BCUT2D eigenvalue weighted by molar-refractivity contribution is 5.92. The molecule has 90 valence electrons. The minimum absolute atomic E-state index is 0.215. The Morgan fingerprint density at radius 1 is 1.39 bits per heavy atom. The number of hydrogen-bond donors (Lipinski definition) is 1. The molecule has 2 aromatic heterocycles. The van der Waals surface area contributed by atoms with Gasteiger partial charge >= 0.3 is 5.97 Å². The molecule has 1 aromatic carbocycles. The molecule has 0 bridgehead atoms. The molecule has 0 fully saturated rings. The Kier molecular flexibility index (Phi) is 2.30. The predicted molar refractivity (Wildman–Crippen MR) is 60.1 cm³/mol. The molecular weight excluding hydrogens is 236 g/mol. The molecule has 0 saturated carbocycles. The summed E-state index contributed by atoms with van der Waals surface area (Å²) in [5, 5.41) is 12.6. The van der Waals surface area contributed by atoms with Gasteiger partial charge in [-0.05, 0) is 18.2 Å². The zero-order chi connectivity index (χ0) is 12.5. The van der Waals surface area contributed by atoms with Crippen molar-refractivity contribution in [2.45, 2.75) is 6.54 Å². The Labute approximate surface area is 101 Å². The summed E-state index contributed by atoms with van der Waals surface area (Å²) in [6, 6.07) is 4.79. The van der Waals surface area contributed by atoms with Gasteiger partial charge < -0.3 is 14.2 Å². The highest BCUT2D eigenvalue weighted by Gasteiger charge is 2.09. The third-order valence-corrected chi connectivity index (χ3v) is 2.59. The number of aromatic carboxylic acids is 1. The minimum atomic E-state index is -0.968. The van der Waals surface area contributed by atoms with Crippen LogP contribution in [0.4, 0.5) is 0 Å². The van der Waals surface area contributed by atoms with Crippen LogP contribution in [0, 0.1) is 0 Å². The average molecular weight is 244 g/mol. The van der Waals surface area contributed by atoms with Crippen molar-refractivity contribution in [3.63, 3.8) is 0 Å². The van der Waals surface area contributed by atoms with E-state index >= 15 is 0 Å². The molecule has 0 spiro atoms. The summed E-state index contributed by atoms with van der Waals surface area (Å²) in [7, 11) is 0. The van der Waals surface area contributed by atoms with Crippen molar-refractivity contribution in [3.8, 4) is 0 Å². The lowest BCUT2D eigenvalue weighted by molar-refractivity contribution is 0.0697. The first-order valence-corrected chi connectivity index (χ1v) is 5.17. The lowest BCUT2D eigenvalue weighted by Gasteiger charge is -2.00. The Balaban J connectivity index is 2.02. The van der Waals surface area contributed by atoms with Crippen LogP contribution in [0.25, 0.3) is 11.0 Å². The Hall–Kier alpha value is -2.70. The maximum Gasteiger partial charge on any atom is 0.335 e. The zero-order valence-electron chi connectivity index (χ0n) is 9.15. The molecule has 3 rings (SSSR count). The van der Waals surface area contributed by atoms with Crippen LogP contribution >= 0.6 is 0 Å². The van der Waals surface area contributed by atoms with Gasteiger partial charge in [-0.25, -0.2) is 9.78 Å². The van der Waals surface area contributed by atoms with Crippen molar-refractivity contribution in [1.29, 1.82) is 0 Å². The first-order valence-electron chi connectivity index (χ1n) is 5.17. The number of hydrogen-bond acceptors (Lipinski definition) is 5. The van der Waals surface area contributed by atoms with Crippen LogP contribution in [0.2, 0.25) is 0 Å². The van der Waals surface area contributed by atoms with E-state index < -0.39 is 5.97 Å². The number of nitrogens with zero attached hydrogens (tertiary/aromatic N) is 4. The molecule has 0 radical (unpaired) electrons. The van der Waals surface area contributed by atoms with Crippen LogP contribution in [0.15, 0.2) is 35.4 Å². The van der Waals surface area contributed by atoms with Crippen molar-refractivity contribution < 1.29 is 14.4 Å². The second-order valence-corrected chi connectivity index (χ2v) is 3.73. The normalized spacial score (nSPS) is 10.9. The van der Waals surface area contributed by atoms with Crippen molar-refractivity contribution in [3.05, 3.63) is 42.3 Å². The van der Waals surface area contributed by atoms with Crippen LogP contribution in [-0.2, 0) is 6.54 Å². The van der Waals surface area contributed by atoms with Gasteiger partial charge in [0.1, 0.15) is 0 Å². The van der Waals surface area contributed by atoms with Gasteiger partial charge in [-0.2, -0.15) is 4.98 Å². The van der Waals surface area contributed by atoms with E-state index in [1.165, 1.54) is 12.5 Å². The third kappa shape index (κ3) is 1.71. The van der Waals surface area contributed by atoms with Gasteiger partial charge in [-0.3, -0.25) is 0 Å². The summed E-state index contributed by atoms with van der Waals surface area (Å²) in [6.45, 7) is 0.430. The molecule has 1 N–H and O–H groups in total. The number of rotatable bonds is 3. The summed E-state index contributed by atoms with van der Waals surface area (Å²) >= 11 is 0. The molecule has 0 atom stereocenters. The number of fused-ring (bicyclic) bond motifs is 1. The molecule has 0 unspecified atom stereocenters. The maximum atomic E-state index is 10.8.